The van der Waals surface area contributed by atoms with Crippen LogP contribution in [-0.4, -0.2) is 31.8 Å². The summed E-state index contributed by atoms with van der Waals surface area (Å²) >= 11 is 0. The van der Waals surface area contributed by atoms with Crippen molar-refractivity contribution in [3.05, 3.63) is 24.3 Å². The number of hydrogen-bond acceptors (Lipinski definition) is 3. The van der Waals surface area contributed by atoms with Crippen molar-refractivity contribution < 1.29 is 14.3 Å². The van der Waals surface area contributed by atoms with Crippen LogP contribution in [0.3, 0.4) is 0 Å². The number of benzene rings is 1. The zero-order valence-corrected chi connectivity index (χ0v) is 12.4. The second kappa shape index (κ2) is 9.07. The first-order valence-electron chi connectivity index (χ1n) is 7.05. The largest absolute Gasteiger partial charge is 0.494 e. The van der Waals surface area contributed by atoms with Gasteiger partial charge in [0.15, 0.2) is 0 Å². The summed E-state index contributed by atoms with van der Waals surface area (Å²) in [4.78, 5) is 11.4. The Morgan fingerprint density at radius 3 is 2.30 bits per heavy atom. The number of carbonyl (C=O) groups is 1. The standard InChI is InChI=1S/C15H24N2O3/c1-4-12(3)17-15(18)16-10-11-20-14-8-6-13(7-9-14)19-5-2/h6-9,12H,4-5,10-11H2,1-3H3,(H2,16,17,18). The van der Waals surface area contributed by atoms with Gasteiger partial charge in [-0.25, -0.2) is 4.79 Å². The highest BCUT2D eigenvalue weighted by molar-refractivity contribution is 5.74. The van der Waals surface area contributed by atoms with Gasteiger partial charge in [-0.3, -0.25) is 0 Å². The molecule has 0 saturated carbocycles. The van der Waals surface area contributed by atoms with Crippen LogP contribution in [0, 0.1) is 0 Å². The summed E-state index contributed by atoms with van der Waals surface area (Å²) < 4.78 is 10.9. The molecule has 0 fully saturated rings. The van der Waals surface area contributed by atoms with Crippen molar-refractivity contribution in [1.82, 2.24) is 10.6 Å². The van der Waals surface area contributed by atoms with Gasteiger partial charge in [-0.2, -0.15) is 0 Å². The first-order valence-corrected chi connectivity index (χ1v) is 7.05. The van der Waals surface area contributed by atoms with Crippen molar-refractivity contribution in [2.45, 2.75) is 33.2 Å². The zero-order chi connectivity index (χ0) is 14.8. The van der Waals surface area contributed by atoms with Crippen LogP contribution in [0.15, 0.2) is 24.3 Å². The fourth-order valence-electron chi connectivity index (χ4n) is 1.51. The number of nitrogens with one attached hydrogen (secondary N) is 2. The van der Waals surface area contributed by atoms with Crippen LogP contribution in [0.5, 0.6) is 11.5 Å². The summed E-state index contributed by atoms with van der Waals surface area (Å²) in [5, 5.41) is 5.58. The second-order valence-corrected chi connectivity index (χ2v) is 4.46. The van der Waals surface area contributed by atoms with E-state index < -0.39 is 0 Å². The third-order valence-corrected chi connectivity index (χ3v) is 2.78. The molecule has 0 spiro atoms. The molecular weight excluding hydrogens is 256 g/mol. The van der Waals surface area contributed by atoms with Crippen LogP contribution < -0.4 is 20.1 Å². The van der Waals surface area contributed by atoms with E-state index in [4.69, 9.17) is 9.47 Å². The van der Waals surface area contributed by atoms with Gasteiger partial charge in [0.25, 0.3) is 0 Å². The first-order chi connectivity index (χ1) is 9.65. The van der Waals surface area contributed by atoms with Gasteiger partial charge in [0.05, 0.1) is 13.2 Å². The van der Waals surface area contributed by atoms with Gasteiger partial charge in [-0.15, -0.1) is 0 Å². The normalized spacial score (nSPS) is 11.6. The Hall–Kier alpha value is -1.91. The quantitative estimate of drug-likeness (QED) is 0.719. The fraction of sp³-hybridized carbons (Fsp3) is 0.533. The van der Waals surface area contributed by atoms with Crippen LogP contribution in [0.1, 0.15) is 27.2 Å². The summed E-state index contributed by atoms with van der Waals surface area (Å²) in [7, 11) is 0. The maximum absolute atomic E-state index is 11.4. The molecule has 1 aromatic rings. The van der Waals surface area contributed by atoms with Crippen LogP contribution in [0.2, 0.25) is 0 Å². The maximum atomic E-state index is 11.4. The van der Waals surface area contributed by atoms with E-state index in [9.17, 15) is 4.79 Å². The van der Waals surface area contributed by atoms with Gasteiger partial charge >= 0.3 is 6.03 Å². The number of hydrogen-bond donors (Lipinski definition) is 2. The summed E-state index contributed by atoms with van der Waals surface area (Å²) in [6.45, 7) is 7.49. The lowest BCUT2D eigenvalue weighted by atomic mass is 10.3. The molecule has 1 rings (SSSR count). The SMILES string of the molecule is CCOc1ccc(OCCNC(=O)NC(C)CC)cc1. The second-order valence-electron chi connectivity index (χ2n) is 4.46. The van der Waals surface area contributed by atoms with Gasteiger partial charge in [0, 0.05) is 6.04 Å². The zero-order valence-electron chi connectivity index (χ0n) is 12.4. The van der Waals surface area contributed by atoms with E-state index in [0.29, 0.717) is 19.8 Å². The van der Waals surface area contributed by atoms with Crippen molar-refractivity contribution in [3.8, 4) is 11.5 Å². The Kier molecular flexibility index (Phi) is 7.32. The molecular formula is C15H24N2O3. The van der Waals surface area contributed by atoms with Crippen LogP contribution in [0.4, 0.5) is 4.79 Å². The minimum Gasteiger partial charge on any atom is -0.494 e. The van der Waals surface area contributed by atoms with Gasteiger partial charge in [-0.1, -0.05) is 6.92 Å². The van der Waals surface area contributed by atoms with Crippen molar-refractivity contribution in [1.29, 1.82) is 0 Å². The van der Waals surface area contributed by atoms with Crippen molar-refractivity contribution >= 4 is 6.03 Å². The molecule has 0 radical (unpaired) electrons. The maximum Gasteiger partial charge on any atom is 0.315 e. The lowest BCUT2D eigenvalue weighted by Gasteiger charge is -2.13. The molecule has 0 aliphatic carbocycles. The molecule has 1 aromatic carbocycles. The third-order valence-electron chi connectivity index (χ3n) is 2.78. The molecule has 0 aliphatic rings. The highest BCUT2D eigenvalue weighted by Gasteiger charge is 2.03. The highest BCUT2D eigenvalue weighted by atomic mass is 16.5. The van der Waals surface area contributed by atoms with Crippen molar-refractivity contribution in [2.75, 3.05) is 19.8 Å². The Morgan fingerprint density at radius 1 is 1.15 bits per heavy atom. The topological polar surface area (TPSA) is 59.6 Å². The third kappa shape index (κ3) is 6.31. The average molecular weight is 280 g/mol. The molecule has 0 aromatic heterocycles. The Balaban J connectivity index is 2.19. The van der Waals surface area contributed by atoms with Gasteiger partial charge in [0.2, 0.25) is 0 Å². The minimum atomic E-state index is -0.158. The van der Waals surface area contributed by atoms with Gasteiger partial charge < -0.3 is 20.1 Å². The summed E-state index contributed by atoms with van der Waals surface area (Å²) in [5.74, 6) is 1.59. The molecule has 2 N–H and O–H groups in total. The number of rotatable bonds is 8. The van der Waals surface area contributed by atoms with Crippen molar-refractivity contribution in [2.24, 2.45) is 0 Å². The van der Waals surface area contributed by atoms with E-state index in [0.717, 1.165) is 17.9 Å². The predicted molar refractivity (Wildman–Crippen MR) is 79.4 cm³/mol. The average Bonchev–Trinajstić information content (AvgIpc) is 2.45. The van der Waals surface area contributed by atoms with E-state index in [1.165, 1.54) is 0 Å². The van der Waals surface area contributed by atoms with Crippen LogP contribution in [-0.2, 0) is 0 Å². The first kappa shape index (κ1) is 16.1. The van der Waals surface area contributed by atoms with Gasteiger partial charge in [-0.05, 0) is 44.5 Å². The minimum absolute atomic E-state index is 0.158. The van der Waals surface area contributed by atoms with E-state index in [-0.39, 0.29) is 12.1 Å². The molecule has 0 bridgehead atoms. The number of urea groups is 1. The molecule has 1 atom stereocenters. The Bertz CT molecular complexity index is 393. The Morgan fingerprint density at radius 2 is 1.75 bits per heavy atom. The van der Waals surface area contributed by atoms with E-state index in [1.54, 1.807) is 0 Å². The molecule has 20 heavy (non-hydrogen) atoms. The monoisotopic (exact) mass is 280 g/mol. The number of ether oxygens (including phenoxy) is 2. The van der Waals surface area contributed by atoms with E-state index in [1.807, 2.05) is 45.0 Å². The van der Waals surface area contributed by atoms with E-state index in [2.05, 4.69) is 10.6 Å². The van der Waals surface area contributed by atoms with Gasteiger partial charge in [0.1, 0.15) is 18.1 Å². The lowest BCUT2D eigenvalue weighted by Crippen LogP contribution is -2.41. The Labute approximate surface area is 120 Å². The highest BCUT2D eigenvalue weighted by Crippen LogP contribution is 2.17. The summed E-state index contributed by atoms with van der Waals surface area (Å²) in [6, 6.07) is 7.45. The molecule has 5 heteroatoms. The molecule has 0 heterocycles. The summed E-state index contributed by atoms with van der Waals surface area (Å²) in [5.41, 5.74) is 0. The summed E-state index contributed by atoms with van der Waals surface area (Å²) in [6.07, 6.45) is 0.913. The molecule has 2 amide bonds. The fourth-order valence-corrected chi connectivity index (χ4v) is 1.51. The molecule has 0 saturated heterocycles. The van der Waals surface area contributed by atoms with Crippen LogP contribution in [0.25, 0.3) is 0 Å². The van der Waals surface area contributed by atoms with E-state index >= 15 is 0 Å². The number of amides is 2. The molecule has 0 aliphatic heterocycles. The number of carbonyl (C=O) groups excluding carboxylic acids is 1. The van der Waals surface area contributed by atoms with Crippen LogP contribution >= 0.6 is 0 Å². The van der Waals surface area contributed by atoms with Crippen molar-refractivity contribution in [3.63, 3.8) is 0 Å². The lowest BCUT2D eigenvalue weighted by molar-refractivity contribution is 0.233. The molecule has 5 nitrogen and oxygen atoms in total. The molecule has 112 valence electrons. The molecule has 1 unspecified atom stereocenters. The predicted octanol–water partition coefficient (Wildman–Crippen LogP) is 2.56. The smallest absolute Gasteiger partial charge is 0.315 e.